The zero-order chi connectivity index (χ0) is 23.7. The van der Waals surface area contributed by atoms with Crippen LogP contribution >= 0.6 is 0 Å². The molecule has 1 saturated heterocycles. The van der Waals surface area contributed by atoms with Crippen LogP contribution in [0, 0.1) is 12.7 Å². The van der Waals surface area contributed by atoms with Gasteiger partial charge in [-0.1, -0.05) is 0 Å². The first-order chi connectivity index (χ1) is 16.5. The third kappa shape index (κ3) is 4.49. The summed E-state index contributed by atoms with van der Waals surface area (Å²) in [6, 6.07) is 8.50. The number of likely N-dealkylation sites (tertiary alicyclic amines) is 1. The van der Waals surface area contributed by atoms with Crippen molar-refractivity contribution in [1.82, 2.24) is 20.1 Å². The molecule has 34 heavy (non-hydrogen) atoms. The van der Waals surface area contributed by atoms with Crippen LogP contribution in [0.4, 0.5) is 4.39 Å². The predicted octanol–water partition coefficient (Wildman–Crippen LogP) is 4.20. The standard InChI is InChI=1S/C25H27FN4O4/c1-15-9-18-19(28-15)5-6-21(25(18)26)34-24-12-27-29-20-11-23(22(32-2)10-17(20)24)33-14-16(31)13-30-7-3-4-8-30/h5-6,9-12,16,28,31H,3-4,7-8,13-14H2,1-2H3/t16-/m1/s1. The Morgan fingerprint density at radius 3 is 2.71 bits per heavy atom. The topological polar surface area (TPSA) is 92.7 Å². The zero-order valence-corrected chi connectivity index (χ0v) is 19.2. The van der Waals surface area contributed by atoms with Crippen molar-refractivity contribution >= 4 is 21.8 Å². The molecule has 1 fully saturated rings. The van der Waals surface area contributed by atoms with Crippen molar-refractivity contribution in [3.63, 3.8) is 0 Å². The van der Waals surface area contributed by atoms with Crippen molar-refractivity contribution in [2.75, 3.05) is 33.4 Å². The molecule has 2 aromatic carbocycles. The second kappa shape index (κ2) is 9.44. The van der Waals surface area contributed by atoms with Gasteiger partial charge in [0.25, 0.3) is 0 Å². The minimum Gasteiger partial charge on any atom is -0.493 e. The number of rotatable bonds is 8. The first-order valence-electron chi connectivity index (χ1n) is 11.3. The summed E-state index contributed by atoms with van der Waals surface area (Å²) >= 11 is 0. The number of halogens is 1. The predicted molar refractivity (Wildman–Crippen MR) is 126 cm³/mol. The summed E-state index contributed by atoms with van der Waals surface area (Å²) in [5.41, 5.74) is 2.07. The summed E-state index contributed by atoms with van der Waals surface area (Å²) < 4.78 is 32.3. The lowest BCUT2D eigenvalue weighted by molar-refractivity contribution is 0.0747. The number of hydrogen-bond acceptors (Lipinski definition) is 7. The zero-order valence-electron chi connectivity index (χ0n) is 19.2. The Balaban J connectivity index is 1.39. The van der Waals surface area contributed by atoms with Crippen LogP contribution in [0.3, 0.4) is 0 Å². The van der Waals surface area contributed by atoms with Gasteiger partial charge < -0.3 is 29.2 Å². The van der Waals surface area contributed by atoms with Gasteiger partial charge in [-0.05, 0) is 57.1 Å². The second-order valence-corrected chi connectivity index (χ2v) is 8.59. The molecule has 0 aliphatic carbocycles. The van der Waals surface area contributed by atoms with Gasteiger partial charge in [0.2, 0.25) is 0 Å². The summed E-state index contributed by atoms with van der Waals surface area (Å²) in [6.07, 6.45) is 3.15. The van der Waals surface area contributed by atoms with E-state index in [0.29, 0.717) is 45.6 Å². The van der Waals surface area contributed by atoms with Crippen LogP contribution in [0.25, 0.3) is 21.8 Å². The summed E-state index contributed by atoms with van der Waals surface area (Å²) in [5.74, 6) is 0.874. The van der Waals surface area contributed by atoms with Crippen LogP contribution in [0.5, 0.6) is 23.0 Å². The lowest BCUT2D eigenvalue weighted by Crippen LogP contribution is -2.33. The fourth-order valence-corrected chi connectivity index (χ4v) is 4.38. The normalized spacial score (nSPS) is 15.2. The van der Waals surface area contributed by atoms with Gasteiger partial charge in [0, 0.05) is 29.2 Å². The van der Waals surface area contributed by atoms with E-state index in [1.54, 1.807) is 30.3 Å². The molecule has 0 spiro atoms. The average Bonchev–Trinajstić information content (AvgIpc) is 3.48. The molecule has 9 heteroatoms. The Morgan fingerprint density at radius 1 is 1.09 bits per heavy atom. The number of hydrogen-bond donors (Lipinski definition) is 2. The Bertz CT molecular complexity index is 1320. The Kier molecular flexibility index (Phi) is 6.21. The highest BCUT2D eigenvalue weighted by molar-refractivity contribution is 5.88. The van der Waals surface area contributed by atoms with Crippen molar-refractivity contribution < 1.29 is 23.7 Å². The molecule has 4 aromatic rings. The van der Waals surface area contributed by atoms with Crippen LogP contribution in [0.1, 0.15) is 18.5 Å². The monoisotopic (exact) mass is 466 g/mol. The van der Waals surface area contributed by atoms with E-state index in [0.717, 1.165) is 31.6 Å². The van der Waals surface area contributed by atoms with E-state index in [9.17, 15) is 5.11 Å². The molecule has 5 rings (SSSR count). The summed E-state index contributed by atoms with van der Waals surface area (Å²) in [6.45, 7) is 4.59. The molecule has 0 unspecified atom stereocenters. The Labute approximate surface area is 196 Å². The van der Waals surface area contributed by atoms with Crippen molar-refractivity contribution in [1.29, 1.82) is 0 Å². The summed E-state index contributed by atoms with van der Waals surface area (Å²) in [4.78, 5) is 5.34. The third-order valence-electron chi connectivity index (χ3n) is 6.04. The maximum atomic E-state index is 15.0. The van der Waals surface area contributed by atoms with E-state index < -0.39 is 11.9 Å². The molecule has 3 heterocycles. The number of nitrogens with zero attached hydrogens (tertiary/aromatic N) is 3. The fourth-order valence-electron chi connectivity index (χ4n) is 4.38. The Hall–Kier alpha value is -3.43. The van der Waals surface area contributed by atoms with Crippen LogP contribution in [0.15, 0.2) is 36.5 Å². The second-order valence-electron chi connectivity index (χ2n) is 8.59. The molecule has 0 saturated carbocycles. The highest BCUT2D eigenvalue weighted by Gasteiger charge is 2.19. The van der Waals surface area contributed by atoms with Gasteiger partial charge in [-0.3, -0.25) is 0 Å². The number of aliphatic hydroxyl groups is 1. The first-order valence-corrected chi connectivity index (χ1v) is 11.3. The van der Waals surface area contributed by atoms with E-state index >= 15 is 4.39 Å². The molecular formula is C25H27FN4O4. The third-order valence-corrected chi connectivity index (χ3v) is 6.04. The van der Waals surface area contributed by atoms with E-state index in [1.165, 1.54) is 13.3 Å². The largest absolute Gasteiger partial charge is 0.493 e. The average molecular weight is 467 g/mol. The number of fused-ring (bicyclic) bond motifs is 2. The minimum absolute atomic E-state index is 0.0881. The molecule has 8 nitrogen and oxygen atoms in total. The number of aromatic amines is 1. The van der Waals surface area contributed by atoms with Gasteiger partial charge in [-0.15, -0.1) is 0 Å². The highest BCUT2D eigenvalue weighted by atomic mass is 19.1. The quantitative estimate of drug-likeness (QED) is 0.402. The smallest absolute Gasteiger partial charge is 0.175 e. The summed E-state index contributed by atoms with van der Waals surface area (Å²) in [7, 11) is 1.53. The number of benzene rings is 2. The molecule has 1 atom stereocenters. The number of aromatic nitrogens is 3. The first kappa shape index (κ1) is 22.4. The number of aliphatic hydroxyl groups excluding tert-OH is 1. The van der Waals surface area contributed by atoms with Crippen molar-refractivity contribution in [2.45, 2.75) is 25.9 Å². The van der Waals surface area contributed by atoms with Crippen LogP contribution < -0.4 is 14.2 Å². The number of ether oxygens (including phenoxy) is 3. The SMILES string of the molecule is COc1cc2c(Oc3ccc4[nH]c(C)cc4c3F)cnnc2cc1OC[C@H](O)CN1CCCC1. The van der Waals surface area contributed by atoms with Gasteiger partial charge in [-0.2, -0.15) is 10.2 Å². The van der Waals surface area contributed by atoms with E-state index in [-0.39, 0.29) is 12.4 Å². The minimum atomic E-state index is -0.616. The molecule has 1 aliphatic heterocycles. The molecule has 0 bridgehead atoms. The van der Waals surface area contributed by atoms with Crippen molar-refractivity contribution in [2.24, 2.45) is 0 Å². The summed E-state index contributed by atoms with van der Waals surface area (Å²) in [5, 5.41) is 19.6. The van der Waals surface area contributed by atoms with Gasteiger partial charge in [0.15, 0.2) is 28.8 Å². The Morgan fingerprint density at radius 2 is 1.91 bits per heavy atom. The lowest BCUT2D eigenvalue weighted by Gasteiger charge is -2.20. The van der Waals surface area contributed by atoms with E-state index in [1.807, 2.05) is 6.92 Å². The number of β-amino-alcohol motifs (C(OH)–C–C–N with tert-alkyl or cyclic N) is 1. The molecule has 1 aliphatic rings. The van der Waals surface area contributed by atoms with E-state index in [2.05, 4.69) is 20.1 Å². The maximum absolute atomic E-state index is 15.0. The maximum Gasteiger partial charge on any atom is 0.175 e. The highest BCUT2D eigenvalue weighted by Crippen LogP contribution is 2.38. The van der Waals surface area contributed by atoms with Crippen molar-refractivity contribution in [3.8, 4) is 23.0 Å². The molecule has 0 radical (unpaired) electrons. The molecule has 2 N–H and O–H groups in total. The number of aryl methyl sites for hydroxylation is 1. The van der Waals surface area contributed by atoms with E-state index in [4.69, 9.17) is 14.2 Å². The van der Waals surface area contributed by atoms with Gasteiger partial charge in [0.1, 0.15) is 18.2 Å². The van der Waals surface area contributed by atoms with Gasteiger partial charge in [0.05, 0.1) is 18.7 Å². The number of methoxy groups -OCH3 is 1. The lowest BCUT2D eigenvalue weighted by atomic mass is 10.2. The molecular weight excluding hydrogens is 439 g/mol. The molecule has 2 aromatic heterocycles. The number of nitrogens with one attached hydrogen (secondary N) is 1. The molecule has 0 amide bonds. The van der Waals surface area contributed by atoms with Crippen molar-refractivity contribution in [3.05, 3.63) is 48.0 Å². The fraction of sp³-hybridized carbons (Fsp3) is 0.360. The van der Waals surface area contributed by atoms with Gasteiger partial charge >= 0.3 is 0 Å². The van der Waals surface area contributed by atoms with Crippen LogP contribution in [0.2, 0.25) is 0 Å². The van der Waals surface area contributed by atoms with Crippen LogP contribution in [-0.4, -0.2) is 64.6 Å². The molecule has 178 valence electrons. The van der Waals surface area contributed by atoms with Gasteiger partial charge in [-0.25, -0.2) is 4.39 Å². The number of H-pyrrole nitrogens is 1. The van der Waals surface area contributed by atoms with Crippen LogP contribution in [-0.2, 0) is 0 Å².